The number of hydrogen-bond acceptors (Lipinski definition) is 4. The van der Waals surface area contributed by atoms with Gasteiger partial charge in [0.15, 0.2) is 18.1 Å². The zero-order valence-corrected chi connectivity index (χ0v) is 14.9. The van der Waals surface area contributed by atoms with Crippen LogP contribution in [-0.4, -0.2) is 17.5 Å². The molecule has 1 aromatic heterocycles. The molecule has 3 rings (SSSR count). The number of benzene rings is 2. The molecule has 0 bridgehead atoms. The summed E-state index contributed by atoms with van der Waals surface area (Å²) in [5, 5.41) is 2.81. The van der Waals surface area contributed by atoms with Gasteiger partial charge in [-0.2, -0.15) is 0 Å². The van der Waals surface area contributed by atoms with E-state index < -0.39 is 0 Å². The molecule has 5 nitrogen and oxygen atoms in total. The van der Waals surface area contributed by atoms with Crippen LogP contribution < -0.4 is 10.1 Å². The number of carbonyl (C=O) groups is 1. The molecule has 130 valence electrons. The molecule has 0 aliphatic carbocycles. The molecular weight excluding hydrogens is 316 g/mol. The number of rotatable bonds is 5. The van der Waals surface area contributed by atoms with Gasteiger partial charge in [0.25, 0.3) is 5.91 Å². The van der Waals surface area contributed by atoms with E-state index in [0.29, 0.717) is 28.8 Å². The van der Waals surface area contributed by atoms with Crippen LogP contribution in [0.25, 0.3) is 11.1 Å². The number of amides is 1. The van der Waals surface area contributed by atoms with Crippen molar-refractivity contribution in [1.82, 2.24) is 4.98 Å². The minimum Gasteiger partial charge on any atom is -0.484 e. The third-order valence-corrected chi connectivity index (χ3v) is 4.01. The lowest BCUT2D eigenvalue weighted by molar-refractivity contribution is -0.118. The first-order valence-corrected chi connectivity index (χ1v) is 8.33. The van der Waals surface area contributed by atoms with Crippen molar-refractivity contribution in [3.8, 4) is 5.75 Å². The van der Waals surface area contributed by atoms with Gasteiger partial charge < -0.3 is 14.5 Å². The number of aryl methyl sites for hydroxylation is 2. The Balaban J connectivity index is 1.61. The zero-order valence-electron chi connectivity index (χ0n) is 14.9. The number of ether oxygens (including phenoxy) is 1. The van der Waals surface area contributed by atoms with E-state index in [9.17, 15) is 4.79 Å². The van der Waals surface area contributed by atoms with E-state index in [1.807, 2.05) is 18.2 Å². The van der Waals surface area contributed by atoms with Crippen LogP contribution in [0, 0.1) is 13.8 Å². The van der Waals surface area contributed by atoms with Crippen molar-refractivity contribution < 1.29 is 13.9 Å². The predicted molar refractivity (Wildman–Crippen MR) is 98.1 cm³/mol. The molecule has 0 aliphatic heterocycles. The Labute approximate surface area is 147 Å². The average Bonchev–Trinajstić information content (AvgIpc) is 2.92. The summed E-state index contributed by atoms with van der Waals surface area (Å²) in [4.78, 5) is 16.4. The Morgan fingerprint density at radius 2 is 2.00 bits per heavy atom. The third kappa shape index (κ3) is 3.99. The molecule has 2 aromatic carbocycles. The second-order valence-corrected chi connectivity index (χ2v) is 6.43. The first-order valence-electron chi connectivity index (χ1n) is 8.33. The molecule has 0 unspecified atom stereocenters. The summed E-state index contributed by atoms with van der Waals surface area (Å²) in [5.41, 5.74) is 4.54. The first-order chi connectivity index (χ1) is 11.9. The minimum absolute atomic E-state index is 0.0453. The van der Waals surface area contributed by atoms with Gasteiger partial charge in [0.05, 0.1) is 0 Å². The van der Waals surface area contributed by atoms with Gasteiger partial charge >= 0.3 is 0 Å². The fourth-order valence-corrected chi connectivity index (χ4v) is 2.85. The molecule has 1 heterocycles. The van der Waals surface area contributed by atoms with E-state index in [-0.39, 0.29) is 12.5 Å². The second-order valence-electron chi connectivity index (χ2n) is 6.43. The highest BCUT2D eigenvalue weighted by molar-refractivity contribution is 5.93. The smallest absolute Gasteiger partial charge is 0.262 e. The van der Waals surface area contributed by atoms with Crippen LogP contribution in [0.15, 0.2) is 40.8 Å². The average molecular weight is 338 g/mol. The van der Waals surface area contributed by atoms with Crippen LogP contribution in [0.3, 0.4) is 0 Å². The van der Waals surface area contributed by atoms with Crippen molar-refractivity contribution in [2.75, 3.05) is 11.9 Å². The highest BCUT2D eigenvalue weighted by Crippen LogP contribution is 2.23. The lowest BCUT2D eigenvalue weighted by atomic mass is 9.98. The van der Waals surface area contributed by atoms with Crippen LogP contribution in [0.4, 0.5) is 5.69 Å². The number of aromatic nitrogens is 1. The van der Waals surface area contributed by atoms with Gasteiger partial charge in [-0.1, -0.05) is 19.9 Å². The summed E-state index contributed by atoms with van der Waals surface area (Å²) in [5.74, 6) is 1.54. The Bertz CT molecular complexity index is 912. The van der Waals surface area contributed by atoms with Gasteiger partial charge in [-0.3, -0.25) is 4.79 Å². The highest BCUT2D eigenvalue weighted by Gasteiger charge is 2.09. The molecule has 0 fully saturated rings. The summed E-state index contributed by atoms with van der Waals surface area (Å²) in [6.07, 6.45) is 0. The second kappa shape index (κ2) is 6.97. The van der Waals surface area contributed by atoms with Gasteiger partial charge in [-0.05, 0) is 54.3 Å². The number of oxazole rings is 1. The van der Waals surface area contributed by atoms with E-state index in [1.54, 1.807) is 25.1 Å². The highest BCUT2D eigenvalue weighted by atomic mass is 16.5. The molecule has 5 heteroatoms. The van der Waals surface area contributed by atoms with Crippen molar-refractivity contribution in [2.45, 2.75) is 33.6 Å². The van der Waals surface area contributed by atoms with E-state index in [1.165, 1.54) is 11.1 Å². The third-order valence-electron chi connectivity index (χ3n) is 4.01. The molecule has 0 spiro atoms. The SMILES string of the molecule is Cc1nc2cc(NC(=O)COc3ccc(C(C)C)c(C)c3)ccc2o1. The van der Waals surface area contributed by atoms with Gasteiger partial charge in [-0.15, -0.1) is 0 Å². The molecule has 0 saturated heterocycles. The summed E-state index contributed by atoms with van der Waals surface area (Å²) in [6.45, 7) is 8.11. The largest absolute Gasteiger partial charge is 0.484 e. The molecule has 0 radical (unpaired) electrons. The Hall–Kier alpha value is -2.82. The van der Waals surface area contributed by atoms with Gasteiger partial charge in [0.1, 0.15) is 11.3 Å². The van der Waals surface area contributed by atoms with Crippen LogP contribution in [-0.2, 0) is 4.79 Å². The molecule has 0 aliphatic rings. The lowest BCUT2D eigenvalue weighted by Gasteiger charge is -2.12. The van der Waals surface area contributed by atoms with Crippen molar-refractivity contribution in [1.29, 1.82) is 0 Å². The maximum absolute atomic E-state index is 12.1. The summed E-state index contributed by atoms with van der Waals surface area (Å²) >= 11 is 0. The standard InChI is InChI=1S/C20H22N2O3/c1-12(2)17-7-6-16(9-13(17)3)24-11-20(23)22-15-5-8-19-18(10-15)21-14(4)25-19/h5-10,12H,11H2,1-4H3,(H,22,23). The van der Waals surface area contributed by atoms with Crippen LogP contribution in [0.1, 0.15) is 36.8 Å². The van der Waals surface area contributed by atoms with Gasteiger partial charge in [-0.25, -0.2) is 4.98 Å². The fraction of sp³-hybridized carbons (Fsp3) is 0.300. The molecule has 1 amide bonds. The zero-order chi connectivity index (χ0) is 18.0. The minimum atomic E-state index is -0.217. The topological polar surface area (TPSA) is 64.4 Å². The number of fused-ring (bicyclic) bond motifs is 1. The van der Waals surface area contributed by atoms with E-state index in [2.05, 4.69) is 31.1 Å². The summed E-state index contributed by atoms with van der Waals surface area (Å²) in [7, 11) is 0. The van der Waals surface area contributed by atoms with E-state index >= 15 is 0 Å². The predicted octanol–water partition coefficient (Wildman–Crippen LogP) is 4.59. The van der Waals surface area contributed by atoms with Crippen molar-refractivity contribution in [3.63, 3.8) is 0 Å². The molecule has 25 heavy (non-hydrogen) atoms. The fourth-order valence-electron chi connectivity index (χ4n) is 2.85. The number of carbonyl (C=O) groups excluding carboxylic acids is 1. The quantitative estimate of drug-likeness (QED) is 0.739. The van der Waals surface area contributed by atoms with Crippen LogP contribution >= 0.6 is 0 Å². The van der Waals surface area contributed by atoms with Crippen molar-refractivity contribution in [2.24, 2.45) is 0 Å². The maximum atomic E-state index is 12.1. The molecule has 0 atom stereocenters. The van der Waals surface area contributed by atoms with Crippen molar-refractivity contribution >= 4 is 22.7 Å². The van der Waals surface area contributed by atoms with Crippen LogP contribution in [0.2, 0.25) is 0 Å². The Kier molecular flexibility index (Phi) is 4.74. The Morgan fingerprint density at radius 3 is 2.72 bits per heavy atom. The van der Waals surface area contributed by atoms with E-state index in [4.69, 9.17) is 9.15 Å². The number of nitrogens with zero attached hydrogens (tertiary/aromatic N) is 1. The van der Waals surface area contributed by atoms with Gasteiger partial charge in [0, 0.05) is 12.6 Å². The molecule has 1 N–H and O–H groups in total. The lowest BCUT2D eigenvalue weighted by Crippen LogP contribution is -2.20. The van der Waals surface area contributed by atoms with Crippen LogP contribution in [0.5, 0.6) is 5.75 Å². The first kappa shape index (κ1) is 17.0. The number of hydrogen-bond donors (Lipinski definition) is 1. The summed E-state index contributed by atoms with van der Waals surface area (Å²) < 4.78 is 11.0. The molecule has 0 saturated carbocycles. The van der Waals surface area contributed by atoms with Crippen molar-refractivity contribution in [3.05, 3.63) is 53.4 Å². The number of anilines is 1. The molecule has 3 aromatic rings. The van der Waals surface area contributed by atoms with E-state index in [0.717, 1.165) is 5.52 Å². The monoisotopic (exact) mass is 338 g/mol. The van der Waals surface area contributed by atoms with Gasteiger partial charge in [0.2, 0.25) is 0 Å². The Morgan fingerprint density at radius 1 is 1.20 bits per heavy atom. The number of nitrogens with one attached hydrogen (secondary N) is 1. The normalized spacial score (nSPS) is 11.1. The molecular formula is C20H22N2O3. The summed E-state index contributed by atoms with van der Waals surface area (Å²) in [6, 6.07) is 11.3. The maximum Gasteiger partial charge on any atom is 0.262 e.